The Morgan fingerprint density at radius 2 is 2.13 bits per heavy atom. The molecule has 78 valence electrons. The van der Waals surface area contributed by atoms with Crippen LogP contribution < -0.4 is 0 Å². The van der Waals surface area contributed by atoms with Crippen molar-refractivity contribution < 1.29 is 9.53 Å². The Hall–Kier alpha value is -1.82. The lowest BCUT2D eigenvalue weighted by molar-refractivity contribution is -0.146. The SMILES string of the molecule is CCCC(=O)OC(C#N)c1ccccc1. The van der Waals surface area contributed by atoms with Gasteiger partial charge in [-0.05, 0) is 6.42 Å². The summed E-state index contributed by atoms with van der Waals surface area (Å²) >= 11 is 0. The van der Waals surface area contributed by atoms with Crippen LogP contribution in [0.4, 0.5) is 0 Å². The van der Waals surface area contributed by atoms with Crippen LogP contribution in [-0.2, 0) is 9.53 Å². The van der Waals surface area contributed by atoms with Crippen molar-refractivity contribution >= 4 is 5.97 Å². The molecule has 0 aliphatic rings. The van der Waals surface area contributed by atoms with Crippen LogP contribution in [0.25, 0.3) is 0 Å². The smallest absolute Gasteiger partial charge is 0.307 e. The fraction of sp³-hybridized carbons (Fsp3) is 0.333. The van der Waals surface area contributed by atoms with Gasteiger partial charge < -0.3 is 4.74 Å². The number of ether oxygens (including phenoxy) is 1. The first-order valence-electron chi connectivity index (χ1n) is 4.92. The Kier molecular flexibility index (Phi) is 4.36. The van der Waals surface area contributed by atoms with E-state index in [1.165, 1.54) is 0 Å². The third-order valence-corrected chi connectivity index (χ3v) is 1.92. The van der Waals surface area contributed by atoms with Crippen LogP contribution >= 0.6 is 0 Å². The molecule has 0 spiro atoms. The first-order chi connectivity index (χ1) is 7.27. The van der Waals surface area contributed by atoms with Gasteiger partial charge in [-0.25, -0.2) is 0 Å². The molecule has 0 bridgehead atoms. The zero-order valence-corrected chi connectivity index (χ0v) is 8.64. The second kappa shape index (κ2) is 5.82. The van der Waals surface area contributed by atoms with E-state index in [1.54, 1.807) is 12.1 Å². The van der Waals surface area contributed by atoms with Gasteiger partial charge in [0.1, 0.15) is 6.07 Å². The van der Waals surface area contributed by atoms with Crippen molar-refractivity contribution in [3.8, 4) is 6.07 Å². The van der Waals surface area contributed by atoms with Crippen LogP contribution in [0.3, 0.4) is 0 Å². The van der Waals surface area contributed by atoms with E-state index in [0.29, 0.717) is 12.0 Å². The maximum Gasteiger partial charge on any atom is 0.307 e. The summed E-state index contributed by atoms with van der Waals surface area (Å²) in [5.41, 5.74) is 0.712. The molecule has 3 heteroatoms. The molecule has 1 unspecified atom stereocenters. The van der Waals surface area contributed by atoms with Crippen LogP contribution in [-0.4, -0.2) is 5.97 Å². The summed E-state index contributed by atoms with van der Waals surface area (Å²) in [7, 11) is 0. The highest BCUT2D eigenvalue weighted by Crippen LogP contribution is 2.16. The lowest BCUT2D eigenvalue weighted by Crippen LogP contribution is -2.09. The Labute approximate surface area is 89.3 Å². The number of rotatable bonds is 4. The number of hydrogen-bond donors (Lipinski definition) is 0. The molecule has 1 rings (SSSR count). The van der Waals surface area contributed by atoms with Crippen molar-refractivity contribution in [3.63, 3.8) is 0 Å². The van der Waals surface area contributed by atoms with Gasteiger partial charge in [-0.15, -0.1) is 0 Å². The zero-order chi connectivity index (χ0) is 11.1. The number of nitrogens with zero attached hydrogens (tertiary/aromatic N) is 1. The van der Waals surface area contributed by atoms with Crippen molar-refractivity contribution in [2.24, 2.45) is 0 Å². The van der Waals surface area contributed by atoms with Crippen LogP contribution in [0.2, 0.25) is 0 Å². The maximum atomic E-state index is 11.2. The predicted octanol–water partition coefficient (Wildman–Crippen LogP) is 2.59. The maximum absolute atomic E-state index is 11.2. The van der Waals surface area contributed by atoms with E-state index in [4.69, 9.17) is 10.00 Å². The Morgan fingerprint density at radius 1 is 1.47 bits per heavy atom. The Balaban J connectivity index is 2.66. The van der Waals surface area contributed by atoms with Gasteiger partial charge in [-0.1, -0.05) is 37.3 Å². The van der Waals surface area contributed by atoms with Crippen molar-refractivity contribution in [3.05, 3.63) is 35.9 Å². The van der Waals surface area contributed by atoms with Crippen molar-refractivity contribution in [2.75, 3.05) is 0 Å². The normalized spacial score (nSPS) is 11.5. The zero-order valence-electron chi connectivity index (χ0n) is 8.64. The van der Waals surface area contributed by atoms with Crippen molar-refractivity contribution in [1.29, 1.82) is 5.26 Å². The van der Waals surface area contributed by atoms with Gasteiger partial charge in [0.25, 0.3) is 0 Å². The summed E-state index contributed by atoms with van der Waals surface area (Å²) < 4.78 is 5.03. The highest BCUT2D eigenvalue weighted by Gasteiger charge is 2.14. The van der Waals surface area contributed by atoms with Gasteiger partial charge in [0.15, 0.2) is 0 Å². The molecule has 1 atom stereocenters. The minimum Gasteiger partial charge on any atom is -0.442 e. The van der Waals surface area contributed by atoms with Gasteiger partial charge in [-0.2, -0.15) is 5.26 Å². The van der Waals surface area contributed by atoms with Crippen molar-refractivity contribution in [1.82, 2.24) is 0 Å². The molecule has 0 N–H and O–H groups in total. The lowest BCUT2D eigenvalue weighted by Gasteiger charge is -2.10. The van der Waals surface area contributed by atoms with E-state index in [-0.39, 0.29) is 5.97 Å². The molecule has 0 saturated carbocycles. The second-order valence-electron chi connectivity index (χ2n) is 3.16. The molecule has 0 heterocycles. The number of esters is 1. The minimum absolute atomic E-state index is 0.326. The topological polar surface area (TPSA) is 50.1 Å². The number of hydrogen-bond acceptors (Lipinski definition) is 3. The molecule has 0 amide bonds. The standard InChI is InChI=1S/C12H13NO2/c1-2-6-12(14)15-11(9-13)10-7-4-3-5-8-10/h3-5,7-8,11H,2,6H2,1H3. The molecule has 0 radical (unpaired) electrons. The van der Waals surface area contributed by atoms with Gasteiger partial charge in [0.2, 0.25) is 6.10 Å². The van der Waals surface area contributed by atoms with E-state index < -0.39 is 6.10 Å². The third kappa shape index (κ3) is 3.43. The fourth-order valence-electron chi connectivity index (χ4n) is 1.19. The summed E-state index contributed by atoms with van der Waals surface area (Å²) in [5.74, 6) is -0.326. The number of benzene rings is 1. The minimum atomic E-state index is -0.787. The summed E-state index contributed by atoms with van der Waals surface area (Å²) in [4.78, 5) is 11.2. The number of carbonyl (C=O) groups excluding carboxylic acids is 1. The molecule has 15 heavy (non-hydrogen) atoms. The van der Waals surface area contributed by atoms with Crippen LogP contribution in [0.1, 0.15) is 31.4 Å². The van der Waals surface area contributed by atoms with E-state index in [2.05, 4.69) is 0 Å². The molecule has 0 aliphatic carbocycles. The van der Waals surface area contributed by atoms with Crippen LogP contribution in [0.15, 0.2) is 30.3 Å². The fourth-order valence-corrected chi connectivity index (χ4v) is 1.19. The third-order valence-electron chi connectivity index (χ3n) is 1.92. The van der Waals surface area contributed by atoms with Crippen LogP contribution in [0.5, 0.6) is 0 Å². The molecule has 1 aromatic carbocycles. The molecular formula is C12H13NO2. The monoisotopic (exact) mass is 203 g/mol. The highest BCUT2D eigenvalue weighted by atomic mass is 16.5. The lowest BCUT2D eigenvalue weighted by atomic mass is 10.1. The first-order valence-corrected chi connectivity index (χ1v) is 4.92. The summed E-state index contributed by atoms with van der Waals surface area (Å²) in [6.45, 7) is 1.89. The van der Waals surface area contributed by atoms with Crippen LogP contribution in [0, 0.1) is 11.3 Å². The Bertz CT molecular complexity index is 354. The number of carbonyl (C=O) groups is 1. The van der Waals surface area contributed by atoms with Gasteiger partial charge >= 0.3 is 5.97 Å². The largest absolute Gasteiger partial charge is 0.442 e. The average molecular weight is 203 g/mol. The molecule has 1 aromatic rings. The molecular weight excluding hydrogens is 190 g/mol. The second-order valence-corrected chi connectivity index (χ2v) is 3.16. The summed E-state index contributed by atoms with van der Waals surface area (Å²) in [6, 6.07) is 11.0. The van der Waals surface area contributed by atoms with Gasteiger partial charge in [0.05, 0.1) is 0 Å². The van der Waals surface area contributed by atoms with E-state index in [9.17, 15) is 4.79 Å². The quantitative estimate of drug-likeness (QED) is 0.707. The van der Waals surface area contributed by atoms with Gasteiger partial charge in [-0.3, -0.25) is 4.79 Å². The molecule has 0 aliphatic heterocycles. The average Bonchev–Trinajstić information content (AvgIpc) is 2.27. The first kappa shape index (κ1) is 11.3. The summed E-state index contributed by atoms with van der Waals surface area (Å²) in [6.07, 6.45) is 0.293. The van der Waals surface area contributed by atoms with E-state index >= 15 is 0 Å². The molecule has 0 fully saturated rings. The molecule has 0 aromatic heterocycles. The highest BCUT2D eigenvalue weighted by molar-refractivity contribution is 5.69. The molecule has 3 nitrogen and oxygen atoms in total. The predicted molar refractivity (Wildman–Crippen MR) is 55.8 cm³/mol. The summed E-state index contributed by atoms with van der Waals surface area (Å²) in [5, 5.41) is 8.87. The van der Waals surface area contributed by atoms with E-state index in [1.807, 2.05) is 31.2 Å². The number of nitriles is 1. The Morgan fingerprint density at radius 3 is 2.67 bits per heavy atom. The van der Waals surface area contributed by atoms with Crippen molar-refractivity contribution in [2.45, 2.75) is 25.9 Å². The van der Waals surface area contributed by atoms with Gasteiger partial charge in [0, 0.05) is 12.0 Å². The molecule has 0 saturated heterocycles. The van der Waals surface area contributed by atoms with E-state index in [0.717, 1.165) is 6.42 Å².